The molecule has 2 aliphatic heterocycles. The second-order valence-corrected chi connectivity index (χ2v) is 13.9. The Hall–Kier alpha value is -1.70. The fourth-order valence-electron chi connectivity index (χ4n) is 6.32. The number of halogens is 3. The number of anilines is 1. The molecule has 1 saturated carbocycles. The lowest BCUT2D eigenvalue weighted by molar-refractivity contribution is -0.126. The predicted octanol–water partition coefficient (Wildman–Crippen LogP) is 3.81. The van der Waals surface area contributed by atoms with Crippen LogP contribution in [0.25, 0.3) is 10.2 Å². The van der Waals surface area contributed by atoms with E-state index in [9.17, 15) is 21.6 Å². The molecule has 1 aliphatic carbocycles. The molecule has 2 saturated heterocycles. The minimum absolute atomic E-state index is 0.0509. The number of hydrogen-bond acceptors (Lipinski definition) is 8. The molecular weight excluding hydrogens is 527 g/mol. The van der Waals surface area contributed by atoms with E-state index in [-0.39, 0.29) is 22.3 Å². The highest BCUT2D eigenvalue weighted by Crippen LogP contribution is 2.44. The zero-order valence-electron chi connectivity index (χ0n) is 21.2. The molecule has 37 heavy (non-hydrogen) atoms. The molecule has 1 spiro atoms. The lowest BCUT2D eigenvalue weighted by Crippen LogP contribution is -2.39. The van der Waals surface area contributed by atoms with Gasteiger partial charge in [-0.05, 0) is 57.1 Å². The fraction of sp³-hybridized carbons (Fsp3) is 0.750. The van der Waals surface area contributed by atoms with Gasteiger partial charge in [0.15, 0.2) is 0 Å². The Balaban J connectivity index is 1.23. The molecule has 206 valence electrons. The van der Waals surface area contributed by atoms with Gasteiger partial charge in [-0.25, -0.2) is 13.1 Å². The number of hydrogen-bond donors (Lipinski definition) is 1. The van der Waals surface area contributed by atoms with E-state index in [1.54, 1.807) is 6.07 Å². The molecule has 0 bridgehead atoms. The third-order valence-electron chi connectivity index (χ3n) is 7.96. The van der Waals surface area contributed by atoms with Crippen molar-refractivity contribution in [3.05, 3.63) is 10.9 Å². The van der Waals surface area contributed by atoms with E-state index in [4.69, 9.17) is 4.74 Å². The van der Waals surface area contributed by atoms with Gasteiger partial charge in [0.1, 0.15) is 10.6 Å². The molecule has 13 heteroatoms. The van der Waals surface area contributed by atoms with Gasteiger partial charge in [-0.3, -0.25) is 0 Å². The Morgan fingerprint density at radius 2 is 1.89 bits per heavy atom. The molecule has 2 aromatic rings. The number of sulfonamides is 1. The van der Waals surface area contributed by atoms with Crippen LogP contribution >= 0.6 is 11.3 Å². The minimum atomic E-state index is -4.27. The number of methoxy groups -OCH3 is 1. The zero-order valence-corrected chi connectivity index (χ0v) is 22.8. The first-order valence-corrected chi connectivity index (χ1v) is 15.5. The molecule has 1 unspecified atom stereocenters. The number of fused-ring (bicyclic) bond motifs is 1. The number of nitrogens with zero attached hydrogens (tertiary/aromatic N) is 4. The summed E-state index contributed by atoms with van der Waals surface area (Å²) in [6, 6.07) is 1.82. The lowest BCUT2D eigenvalue weighted by atomic mass is 9.85. The van der Waals surface area contributed by atoms with Crippen molar-refractivity contribution >= 4 is 37.4 Å². The normalized spacial score (nSPS) is 27.5. The van der Waals surface area contributed by atoms with Crippen LogP contribution in [-0.4, -0.2) is 81.6 Å². The van der Waals surface area contributed by atoms with Crippen molar-refractivity contribution in [1.29, 1.82) is 0 Å². The molecule has 0 amide bonds. The molecule has 5 rings (SSSR count). The van der Waals surface area contributed by atoms with Crippen LogP contribution in [-0.2, 0) is 16.4 Å². The average molecular weight is 562 g/mol. The number of ether oxygens (including phenoxy) is 1. The summed E-state index contributed by atoms with van der Waals surface area (Å²) in [6.07, 6.45) is 1.90. The van der Waals surface area contributed by atoms with Crippen LogP contribution in [0.1, 0.15) is 43.4 Å². The predicted molar refractivity (Wildman–Crippen MR) is 138 cm³/mol. The van der Waals surface area contributed by atoms with E-state index in [1.165, 1.54) is 13.4 Å². The summed E-state index contributed by atoms with van der Waals surface area (Å²) in [4.78, 5) is 14.4. The van der Waals surface area contributed by atoms with Crippen LogP contribution in [0, 0.1) is 11.3 Å². The van der Waals surface area contributed by atoms with Gasteiger partial charge in [-0.2, -0.15) is 23.1 Å². The molecule has 8 nitrogen and oxygen atoms in total. The van der Waals surface area contributed by atoms with Crippen LogP contribution in [0.2, 0.25) is 0 Å². The summed E-state index contributed by atoms with van der Waals surface area (Å²) in [5.41, 5.74) is 0.143. The third-order valence-corrected chi connectivity index (χ3v) is 9.75. The number of rotatable bonds is 7. The summed E-state index contributed by atoms with van der Waals surface area (Å²) < 4.78 is 70.1. The molecule has 3 aliphatic rings. The van der Waals surface area contributed by atoms with Crippen molar-refractivity contribution in [3.8, 4) is 6.01 Å². The monoisotopic (exact) mass is 561 g/mol. The SMILES string of the molecule is COc1nc(N2CCC3(CCN(CC4CCC(NS(C)(=O)=O)CC4)C3)C2)c2cc(CC(F)(F)F)sc2n1. The quantitative estimate of drug-likeness (QED) is 0.550. The van der Waals surface area contributed by atoms with Gasteiger partial charge in [-0.15, -0.1) is 11.3 Å². The third kappa shape index (κ3) is 6.48. The smallest absolute Gasteiger partial charge is 0.393 e. The highest BCUT2D eigenvalue weighted by molar-refractivity contribution is 7.88. The maximum Gasteiger partial charge on any atom is 0.393 e. The Kier molecular flexibility index (Phi) is 7.36. The Morgan fingerprint density at radius 1 is 1.16 bits per heavy atom. The van der Waals surface area contributed by atoms with Crippen LogP contribution < -0.4 is 14.4 Å². The van der Waals surface area contributed by atoms with Gasteiger partial charge in [0, 0.05) is 42.5 Å². The number of aromatic nitrogens is 2. The molecule has 0 radical (unpaired) electrons. The van der Waals surface area contributed by atoms with Crippen LogP contribution in [0.4, 0.5) is 19.0 Å². The van der Waals surface area contributed by atoms with Gasteiger partial charge in [0.05, 0.1) is 25.2 Å². The number of likely N-dealkylation sites (tertiary alicyclic amines) is 1. The van der Waals surface area contributed by atoms with Crippen molar-refractivity contribution in [2.45, 2.75) is 57.2 Å². The molecule has 0 aromatic carbocycles. The van der Waals surface area contributed by atoms with Crippen molar-refractivity contribution in [3.63, 3.8) is 0 Å². The van der Waals surface area contributed by atoms with Crippen molar-refractivity contribution in [1.82, 2.24) is 19.6 Å². The van der Waals surface area contributed by atoms with Crippen molar-refractivity contribution in [2.24, 2.45) is 11.3 Å². The van der Waals surface area contributed by atoms with E-state index < -0.39 is 22.6 Å². The summed E-state index contributed by atoms with van der Waals surface area (Å²) >= 11 is 1.05. The Morgan fingerprint density at radius 3 is 2.57 bits per heavy atom. The topological polar surface area (TPSA) is 87.7 Å². The number of nitrogens with one attached hydrogen (secondary N) is 1. The first-order chi connectivity index (χ1) is 17.4. The Labute approximate surface area is 219 Å². The summed E-state index contributed by atoms with van der Waals surface area (Å²) in [5.74, 6) is 1.24. The lowest BCUT2D eigenvalue weighted by Gasteiger charge is -2.32. The van der Waals surface area contributed by atoms with Crippen LogP contribution in [0.5, 0.6) is 6.01 Å². The average Bonchev–Trinajstić information content (AvgIpc) is 3.51. The second kappa shape index (κ2) is 10.1. The van der Waals surface area contributed by atoms with Crippen molar-refractivity contribution in [2.75, 3.05) is 51.0 Å². The van der Waals surface area contributed by atoms with Crippen molar-refractivity contribution < 1.29 is 26.3 Å². The molecule has 3 fully saturated rings. The molecule has 1 N–H and O–H groups in total. The number of thiophene rings is 1. The highest BCUT2D eigenvalue weighted by atomic mass is 32.2. The van der Waals surface area contributed by atoms with Crippen LogP contribution in [0.3, 0.4) is 0 Å². The van der Waals surface area contributed by atoms with E-state index >= 15 is 0 Å². The standard InChI is InChI=1S/C24H34F3N5O3S2/c1-35-22-28-20(19-11-18(12-24(25,26)27)36-21(19)29-22)32-10-8-23(15-32)7-9-31(14-23)13-16-3-5-17(6-4-16)30-37(2,33)34/h11,16-17,30H,3-10,12-15H2,1-2H3. The molecular formula is C24H34F3N5O3S2. The van der Waals surface area contributed by atoms with Gasteiger partial charge in [0.25, 0.3) is 0 Å². The number of alkyl halides is 3. The maximum absolute atomic E-state index is 13.0. The van der Waals surface area contributed by atoms with Gasteiger partial charge in [0.2, 0.25) is 10.0 Å². The molecule has 4 heterocycles. The second-order valence-electron chi connectivity index (χ2n) is 11.0. The van der Waals surface area contributed by atoms with E-state index in [0.29, 0.717) is 22.0 Å². The fourth-order valence-corrected chi connectivity index (χ4v) is 8.20. The highest BCUT2D eigenvalue weighted by Gasteiger charge is 2.44. The Bertz CT molecular complexity index is 1230. The first-order valence-electron chi connectivity index (χ1n) is 12.8. The summed E-state index contributed by atoms with van der Waals surface area (Å²) in [7, 11) is -1.69. The maximum atomic E-state index is 13.0. The summed E-state index contributed by atoms with van der Waals surface area (Å²) in [5, 5.41) is 0.663. The molecule has 1 atom stereocenters. The van der Waals surface area contributed by atoms with E-state index in [1.807, 2.05) is 0 Å². The van der Waals surface area contributed by atoms with Gasteiger partial charge in [-0.1, -0.05) is 0 Å². The van der Waals surface area contributed by atoms with Gasteiger partial charge >= 0.3 is 12.2 Å². The first kappa shape index (κ1) is 26.9. The van der Waals surface area contributed by atoms with E-state index in [0.717, 1.165) is 82.6 Å². The minimum Gasteiger partial charge on any atom is -0.467 e. The molecule has 2 aromatic heterocycles. The van der Waals surface area contributed by atoms with Gasteiger partial charge < -0.3 is 14.5 Å². The van der Waals surface area contributed by atoms with Crippen LogP contribution in [0.15, 0.2) is 6.07 Å². The summed E-state index contributed by atoms with van der Waals surface area (Å²) in [6.45, 7) is 4.68. The zero-order chi connectivity index (χ0) is 26.4. The largest absolute Gasteiger partial charge is 0.467 e. The van der Waals surface area contributed by atoms with E-state index in [2.05, 4.69) is 24.5 Å².